The molecule has 0 amide bonds. The third-order valence-corrected chi connectivity index (χ3v) is 2.58. The molecule has 0 unspecified atom stereocenters. The number of hydrogen-bond donors (Lipinski definition) is 1. The van der Waals surface area contributed by atoms with Crippen LogP contribution in [0.15, 0.2) is 12.3 Å². The van der Waals surface area contributed by atoms with Crippen molar-refractivity contribution in [3.05, 3.63) is 23.5 Å². The standard InChI is InChI=1S/C10H12F2N2O/c1-15-9-2-8(10(11)12)14-5-7(9)6-3-13-4-6/h2,5-6,10,13H,3-4H2,1H3. The van der Waals surface area contributed by atoms with E-state index in [-0.39, 0.29) is 5.69 Å². The Balaban J connectivity index is 2.30. The van der Waals surface area contributed by atoms with Crippen molar-refractivity contribution in [1.29, 1.82) is 0 Å². The molecule has 82 valence electrons. The van der Waals surface area contributed by atoms with Gasteiger partial charge in [-0.25, -0.2) is 8.78 Å². The van der Waals surface area contributed by atoms with E-state index in [1.807, 2.05) is 0 Å². The normalized spacial score (nSPS) is 16.5. The first-order chi connectivity index (χ1) is 7.22. The second-order valence-electron chi connectivity index (χ2n) is 3.51. The average molecular weight is 214 g/mol. The van der Waals surface area contributed by atoms with Gasteiger partial charge >= 0.3 is 0 Å². The molecule has 0 atom stereocenters. The second-order valence-corrected chi connectivity index (χ2v) is 3.51. The summed E-state index contributed by atoms with van der Waals surface area (Å²) >= 11 is 0. The number of nitrogens with one attached hydrogen (secondary N) is 1. The zero-order valence-electron chi connectivity index (χ0n) is 8.34. The Hall–Kier alpha value is -1.23. The van der Waals surface area contributed by atoms with Gasteiger partial charge in [0.15, 0.2) is 0 Å². The summed E-state index contributed by atoms with van der Waals surface area (Å²) in [5.74, 6) is 0.839. The number of methoxy groups -OCH3 is 1. The van der Waals surface area contributed by atoms with Gasteiger partial charge in [0.1, 0.15) is 11.4 Å². The fourth-order valence-corrected chi connectivity index (χ4v) is 1.57. The van der Waals surface area contributed by atoms with Crippen LogP contribution < -0.4 is 10.1 Å². The van der Waals surface area contributed by atoms with E-state index in [0.717, 1.165) is 18.7 Å². The highest BCUT2D eigenvalue weighted by atomic mass is 19.3. The van der Waals surface area contributed by atoms with Crippen molar-refractivity contribution >= 4 is 0 Å². The minimum atomic E-state index is -2.55. The average Bonchev–Trinajstić information content (AvgIpc) is 2.15. The van der Waals surface area contributed by atoms with Crippen LogP contribution in [0.5, 0.6) is 5.75 Å². The van der Waals surface area contributed by atoms with Crippen LogP contribution in [0.3, 0.4) is 0 Å². The van der Waals surface area contributed by atoms with Crippen LogP contribution in [0.4, 0.5) is 8.78 Å². The lowest BCUT2D eigenvalue weighted by Gasteiger charge is -2.28. The molecule has 0 aromatic carbocycles. The van der Waals surface area contributed by atoms with E-state index in [1.54, 1.807) is 0 Å². The van der Waals surface area contributed by atoms with Gasteiger partial charge in [-0.2, -0.15) is 0 Å². The molecule has 0 saturated carbocycles. The summed E-state index contributed by atoms with van der Waals surface area (Å²) in [6, 6.07) is 1.32. The predicted molar refractivity (Wildman–Crippen MR) is 51.4 cm³/mol. The molecular weight excluding hydrogens is 202 g/mol. The van der Waals surface area contributed by atoms with Gasteiger partial charge < -0.3 is 10.1 Å². The number of pyridine rings is 1. The third kappa shape index (κ3) is 1.92. The first-order valence-corrected chi connectivity index (χ1v) is 4.75. The summed E-state index contributed by atoms with van der Waals surface area (Å²) in [6.45, 7) is 1.71. The highest BCUT2D eigenvalue weighted by Crippen LogP contribution is 2.31. The SMILES string of the molecule is COc1cc(C(F)F)ncc1C1CNC1. The molecule has 1 aromatic rings. The zero-order valence-corrected chi connectivity index (χ0v) is 8.34. The maximum absolute atomic E-state index is 12.4. The molecule has 0 bridgehead atoms. The smallest absolute Gasteiger partial charge is 0.280 e. The lowest BCUT2D eigenvalue weighted by atomic mass is 9.94. The molecule has 5 heteroatoms. The van der Waals surface area contributed by atoms with Crippen molar-refractivity contribution in [2.24, 2.45) is 0 Å². The first-order valence-electron chi connectivity index (χ1n) is 4.75. The Labute approximate surface area is 86.5 Å². The molecule has 0 aliphatic carbocycles. The van der Waals surface area contributed by atoms with E-state index in [9.17, 15) is 8.78 Å². The molecule has 1 fully saturated rings. The summed E-state index contributed by atoms with van der Waals surface area (Å²) in [6.07, 6.45) is -1.06. The summed E-state index contributed by atoms with van der Waals surface area (Å²) in [4.78, 5) is 3.73. The van der Waals surface area contributed by atoms with Crippen LogP contribution in [0, 0.1) is 0 Å². The van der Waals surface area contributed by atoms with Crippen molar-refractivity contribution in [1.82, 2.24) is 10.3 Å². The lowest BCUT2D eigenvalue weighted by molar-refractivity contribution is 0.145. The second kappa shape index (κ2) is 4.10. The van der Waals surface area contributed by atoms with Crippen molar-refractivity contribution in [3.63, 3.8) is 0 Å². The topological polar surface area (TPSA) is 34.1 Å². The van der Waals surface area contributed by atoms with Crippen molar-refractivity contribution in [3.8, 4) is 5.75 Å². The lowest BCUT2D eigenvalue weighted by Crippen LogP contribution is -2.40. The van der Waals surface area contributed by atoms with Gasteiger partial charge in [0.05, 0.1) is 7.11 Å². The number of rotatable bonds is 3. The van der Waals surface area contributed by atoms with Gasteiger partial charge in [-0.3, -0.25) is 4.98 Å². The maximum Gasteiger partial charge on any atom is 0.280 e. The molecular formula is C10H12F2N2O. The van der Waals surface area contributed by atoms with E-state index in [4.69, 9.17) is 4.74 Å². The van der Waals surface area contributed by atoms with Crippen molar-refractivity contribution in [2.45, 2.75) is 12.3 Å². The fourth-order valence-electron chi connectivity index (χ4n) is 1.57. The molecule has 1 aliphatic heterocycles. The van der Waals surface area contributed by atoms with Crippen LogP contribution in [0.25, 0.3) is 0 Å². The predicted octanol–water partition coefficient (Wildman–Crippen LogP) is 1.71. The van der Waals surface area contributed by atoms with Gasteiger partial charge in [-0.05, 0) is 0 Å². The molecule has 1 saturated heterocycles. The molecule has 15 heavy (non-hydrogen) atoms. The minimum absolute atomic E-state index is 0.233. The molecule has 1 aromatic heterocycles. The number of alkyl halides is 2. The molecule has 1 N–H and O–H groups in total. The van der Waals surface area contributed by atoms with Crippen LogP contribution >= 0.6 is 0 Å². The van der Waals surface area contributed by atoms with E-state index >= 15 is 0 Å². The molecule has 0 radical (unpaired) electrons. The van der Waals surface area contributed by atoms with Crippen LogP contribution in [0.1, 0.15) is 23.6 Å². The minimum Gasteiger partial charge on any atom is -0.496 e. The first kappa shape index (κ1) is 10.3. The van der Waals surface area contributed by atoms with Gasteiger partial charge in [0, 0.05) is 36.8 Å². The number of nitrogens with zero attached hydrogens (tertiary/aromatic N) is 1. The number of hydrogen-bond acceptors (Lipinski definition) is 3. The molecule has 2 heterocycles. The third-order valence-electron chi connectivity index (χ3n) is 2.58. The molecule has 3 nitrogen and oxygen atoms in total. The summed E-state index contributed by atoms with van der Waals surface area (Å²) in [5.41, 5.74) is 0.670. The van der Waals surface area contributed by atoms with Crippen LogP contribution in [0.2, 0.25) is 0 Å². The largest absolute Gasteiger partial charge is 0.496 e. The summed E-state index contributed by atoms with van der Waals surface area (Å²) < 4.78 is 29.9. The Kier molecular flexibility index (Phi) is 2.81. The number of aromatic nitrogens is 1. The Morgan fingerprint density at radius 3 is 2.73 bits per heavy atom. The quantitative estimate of drug-likeness (QED) is 0.831. The van der Waals surface area contributed by atoms with E-state index in [2.05, 4.69) is 10.3 Å². The van der Waals surface area contributed by atoms with Gasteiger partial charge in [0.25, 0.3) is 6.43 Å². The van der Waals surface area contributed by atoms with E-state index in [0.29, 0.717) is 11.7 Å². The van der Waals surface area contributed by atoms with Gasteiger partial charge in [0.2, 0.25) is 0 Å². The molecule has 2 rings (SSSR count). The summed E-state index contributed by atoms with van der Waals surface area (Å²) in [5, 5.41) is 3.12. The number of ether oxygens (including phenoxy) is 1. The molecule has 1 aliphatic rings. The van der Waals surface area contributed by atoms with Gasteiger partial charge in [-0.1, -0.05) is 0 Å². The van der Waals surface area contributed by atoms with Crippen molar-refractivity contribution in [2.75, 3.05) is 20.2 Å². The van der Waals surface area contributed by atoms with Crippen molar-refractivity contribution < 1.29 is 13.5 Å². The van der Waals surface area contributed by atoms with Crippen LogP contribution in [-0.2, 0) is 0 Å². The van der Waals surface area contributed by atoms with Gasteiger partial charge in [-0.15, -0.1) is 0 Å². The van der Waals surface area contributed by atoms with Crippen LogP contribution in [-0.4, -0.2) is 25.2 Å². The fraction of sp³-hybridized carbons (Fsp3) is 0.500. The number of halogens is 2. The Bertz CT molecular complexity index is 353. The Morgan fingerprint density at radius 2 is 2.27 bits per heavy atom. The Morgan fingerprint density at radius 1 is 1.53 bits per heavy atom. The highest BCUT2D eigenvalue weighted by molar-refractivity contribution is 5.37. The highest BCUT2D eigenvalue weighted by Gasteiger charge is 2.24. The van der Waals surface area contributed by atoms with E-state index < -0.39 is 6.43 Å². The zero-order chi connectivity index (χ0) is 10.8. The van der Waals surface area contributed by atoms with E-state index in [1.165, 1.54) is 19.4 Å². The maximum atomic E-state index is 12.4. The summed E-state index contributed by atoms with van der Waals surface area (Å²) in [7, 11) is 1.49. The molecule has 0 spiro atoms. The monoisotopic (exact) mass is 214 g/mol.